The molecule has 0 fully saturated rings. The fourth-order valence-electron chi connectivity index (χ4n) is 2.05. The first-order valence-electron chi connectivity index (χ1n) is 8.24. The maximum absolute atomic E-state index is 4.92. The lowest BCUT2D eigenvalue weighted by atomic mass is 10.0. The Morgan fingerprint density at radius 1 is 1.29 bits per heavy atom. The van der Waals surface area contributed by atoms with E-state index in [1.165, 1.54) is 10.6 Å². The minimum Gasteiger partial charge on any atom is -0.346 e. The highest BCUT2D eigenvalue weighted by Crippen LogP contribution is 2.31. The van der Waals surface area contributed by atoms with E-state index in [2.05, 4.69) is 58.8 Å². The van der Waals surface area contributed by atoms with Crippen LogP contribution in [0.25, 0.3) is 0 Å². The zero-order chi connectivity index (χ0) is 16.0. The highest BCUT2D eigenvalue weighted by atomic mass is 32.1. The SMILES string of the molecule is CCCc1nc(N(C)C(C)(C)CC)sc1CNCC(C)C. The molecule has 0 spiro atoms. The molecule has 21 heavy (non-hydrogen) atoms. The van der Waals surface area contributed by atoms with Gasteiger partial charge in [0, 0.05) is 24.0 Å². The molecule has 0 radical (unpaired) electrons. The molecule has 4 heteroatoms. The molecule has 1 aromatic heterocycles. The Balaban J connectivity index is 2.87. The monoisotopic (exact) mass is 311 g/mol. The van der Waals surface area contributed by atoms with Gasteiger partial charge in [0.25, 0.3) is 0 Å². The molecule has 0 saturated carbocycles. The molecule has 122 valence electrons. The Hall–Kier alpha value is -0.610. The summed E-state index contributed by atoms with van der Waals surface area (Å²) < 4.78 is 0. The van der Waals surface area contributed by atoms with E-state index in [0.29, 0.717) is 5.92 Å². The van der Waals surface area contributed by atoms with Crippen molar-refractivity contribution in [1.82, 2.24) is 10.3 Å². The Bertz CT molecular complexity index is 424. The average molecular weight is 312 g/mol. The predicted octanol–water partition coefficient (Wildman–Crippen LogP) is 4.47. The molecule has 3 nitrogen and oxygen atoms in total. The van der Waals surface area contributed by atoms with Gasteiger partial charge in [-0.15, -0.1) is 11.3 Å². The fourth-order valence-corrected chi connectivity index (χ4v) is 3.25. The number of hydrogen-bond donors (Lipinski definition) is 1. The van der Waals surface area contributed by atoms with Gasteiger partial charge in [-0.2, -0.15) is 0 Å². The fraction of sp³-hybridized carbons (Fsp3) is 0.824. The number of aryl methyl sites for hydroxylation is 1. The molecule has 0 saturated heterocycles. The van der Waals surface area contributed by atoms with Crippen LogP contribution < -0.4 is 10.2 Å². The van der Waals surface area contributed by atoms with Gasteiger partial charge in [-0.1, -0.05) is 34.1 Å². The van der Waals surface area contributed by atoms with Gasteiger partial charge in [-0.25, -0.2) is 4.98 Å². The zero-order valence-corrected chi connectivity index (χ0v) is 15.7. The van der Waals surface area contributed by atoms with Gasteiger partial charge in [-0.05, 0) is 39.2 Å². The van der Waals surface area contributed by atoms with E-state index >= 15 is 0 Å². The van der Waals surface area contributed by atoms with Crippen LogP contribution in [0, 0.1) is 5.92 Å². The number of hydrogen-bond acceptors (Lipinski definition) is 4. The van der Waals surface area contributed by atoms with Crippen LogP contribution in [-0.2, 0) is 13.0 Å². The summed E-state index contributed by atoms with van der Waals surface area (Å²) in [4.78, 5) is 8.66. The molecule has 1 N–H and O–H groups in total. The summed E-state index contributed by atoms with van der Waals surface area (Å²) in [5.74, 6) is 0.689. The van der Waals surface area contributed by atoms with Crippen molar-refractivity contribution in [3.05, 3.63) is 10.6 Å². The first-order valence-corrected chi connectivity index (χ1v) is 9.06. The second kappa shape index (κ2) is 8.14. The second-order valence-electron chi connectivity index (χ2n) is 6.87. The maximum atomic E-state index is 4.92. The molecule has 0 aliphatic heterocycles. The van der Waals surface area contributed by atoms with Gasteiger partial charge in [0.1, 0.15) is 0 Å². The van der Waals surface area contributed by atoms with Crippen molar-refractivity contribution < 1.29 is 0 Å². The number of rotatable bonds is 9. The Morgan fingerprint density at radius 2 is 1.95 bits per heavy atom. The summed E-state index contributed by atoms with van der Waals surface area (Å²) >= 11 is 1.85. The molecule has 0 aliphatic carbocycles. The van der Waals surface area contributed by atoms with E-state index in [4.69, 9.17) is 4.98 Å². The van der Waals surface area contributed by atoms with E-state index in [1.807, 2.05) is 11.3 Å². The number of nitrogens with zero attached hydrogens (tertiary/aromatic N) is 2. The molecule has 0 bridgehead atoms. The number of aromatic nitrogens is 1. The largest absolute Gasteiger partial charge is 0.346 e. The van der Waals surface area contributed by atoms with Crippen LogP contribution in [0.4, 0.5) is 5.13 Å². The summed E-state index contributed by atoms with van der Waals surface area (Å²) in [5, 5.41) is 4.72. The average Bonchev–Trinajstić information content (AvgIpc) is 2.81. The summed E-state index contributed by atoms with van der Waals surface area (Å²) in [5.41, 5.74) is 1.44. The molecule has 1 heterocycles. The van der Waals surface area contributed by atoms with Crippen LogP contribution in [0.2, 0.25) is 0 Å². The van der Waals surface area contributed by atoms with Gasteiger partial charge in [0.2, 0.25) is 0 Å². The third-order valence-electron chi connectivity index (χ3n) is 4.15. The minimum absolute atomic E-state index is 0.157. The normalized spacial score (nSPS) is 12.2. The predicted molar refractivity (Wildman–Crippen MR) is 95.4 cm³/mol. The second-order valence-corrected chi connectivity index (χ2v) is 7.93. The number of anilines is 1. The Morgan fingerprint density at radius 3 is 2.48 bits per heavy atom. The molecule has 0 atom stereocenters. The van der Waals surface area contributed by atoms with Crippen LogP contribution in [0.1, 0.15) is 65.0 Å². The number of thiazole rings is 1. The lowest BCUT2D eigenvalue weighted by Crippen LogP contribution is -2.40. The van der Waals surface area contributed by atoms with Crippen molar-refractivity contribution in [3.63, 3.8) is 0 Å². The van der Waals surface area contributed by atoms with Gasteiger partial charge in [0.05, 0.1) is 5.69 Å². The van der Waals surface area contributed by atoms with Crippen molar-refractivity contribution in [2.24, 2.45) is 5.92 Å². The summed E-state index contributed by atoms with van der Waals surface area (Å²) in [6.45, 7) is 15.5. The van der Waals surface area contributed by atoms with Crippen LogP contribution in [-0.4, -0.2) is 24.1 Å². The van der Waals surface area contributed by atoms with E-state index in [9.17, 15) is 0 Å². The standard InChI is InChI=1S/C17H33N3S/c1-8-10-14-15(12-18-11-13(3)4)21-16(19-14)20(7)17(5,6)9-2/h13,18H,8-12H2,1-7H3. The van der Waals surface area contributed by atoms with Crippen molar-refractivity contribution >= 4 is 16.5 Å². The number of nitrogens with one attached hydrogen (secondary N) is 1. The highest BCUT2D eigenvalue weighted by Gasteiger charge is 2.25. The Labute approximate surface area is 135 Å². The molecule has 0 amide bonds. The van der Waals surface area contributed by atoms with Crippen molar-refractivity contribution in [3.8, 4) is 0 Å². The highest BCUT2D eigenvalue weighted by molar-refractivity contribution is 7.15. The molecule has 0 unspecified atom stereocenters. The van der Waals surface area contributed by atoms with Crippen molar-refractivity contribution in [2.45, 2.75) is 72.9 Å². The van der Waals surface area contributed by atoms with Gasteiger partial charge >= 0.3 is 0 Å². The van der Waals surface area contributed by atoms with Crippen LogP contribution >= 0.6 is 11.3 Å². The molecule has 0 aromatic carbocycles. The third kappa shape index (κ3) is 5.26. The van der Waals surface area contributed by atoms with E-state index in [0.717, 1.165) is 37.5 Å². The van der Waals surface area contributed by atoms with Gasteiger partial charge in [0.15, 0.2) is 5.13 Å². The molecule has 1 rings (SSSR count). The zero-order valence-electron chi connectivity index (χ0n) is 14.9. The molecular formula is C17H33N3S. The summed E-state index contributed by atoms with van der Waals surface area (Å²) in [6.07, 6.45) is 3.35. The van der Waals surface area contributed by atoms with E-state index in [1.54, 1.807) is 0 Å². The van der Waals surface area contributed by atoms with Crippen molar-refractivity contribution in [2.75, 3.05) is 18.5 Å². The van der Waals surface area contributed by atoms with Gasteiger partial charge < -0.3 is 10.2 Å². The quantitative estimate of drug-likeness (QED) is 0.729. The smallest absolute Gasteiger partial charge is 0.186 e. The first kappa shape index (κ1) is 18.4. The van der Waals surface area contributed by atoms with E-state index in [-0.39, 0.29) is 5.54 Å². The topological polar surface area (TPSA) is 28.2 Å². The maximum Gasteiger partial charge on any atom is 0.186 e. The molecule has 1 aromatic rings. The molecular weight excluding hydrogens is 278 g/mol. The van der Waals surface area contributed by atoms with Crippen LogP contribution in [0.5, 0.6) is 0 Å². The molecule has 0 aliphatic rings. The Kier molecular flexibility index (Phi) is 7.14. The summed E-state index contributed by atoms with van der Waals surface area (Å²) in [6, 6.07) is 0. The third-order valence-corrected chi connectivity index (χ3v) is 5.33. The lowest BCUT2D eigenvalue weighted by molar-refractivity contribution is 0.470. The van der Waals surface area contributed by atoms with Crippen LogP contribution in [0.3, 0.4) is 0 Å². The minimum atomic E-state index is 0.157. The first-order chi connectivity index (χ1) is 9.81. The van der Waals surface area contributed by atoms with Gasteiger partial charge in [-0.3, -0.25) is 0 Å². The van der Waals surface area contributed by atoms with E-state index < -0.39 is 0 Å². The van der Waals surface area contributed by atoms with Crippen molar-refractivity contribution in [1.29, 1.82) is 0 Å². The van der Waals surface area contributed by atoms with Crippen LogP contribution in [0.15, 0.2) is 0 Å². The lowest BCUT2D eigenvalue weighted by Gasteiger charge is -2.34. The summed E-state index contributed by atoms with van der Waals surface area (Å²) in [7, 11) is 2.17.